The first-order valence-electron chi connectivity index (χ1n) is 8.56. The molecule has 0 aliphatic heterocycles. The smallest absolute Gasteiger partial charge is 0.392 e. The van der Waals surface area contributed by atoms with Crippen LogP contribution in [0.25, 0.3) is 0 Å². The summed E-state index contributed by atoms with van der Waals surface area (Å²) in [6.07, 6.45) is -3.08. The Hall–Kier alpha value is -2.31. The summed E-state index contributed by atoms with van der Waals surface area (Å²) in [6.45, 7) is 3.38. The van der Waals surface area contributed by atoms with Crippen LogP contribution < -0.4 is 10.6 Å². The van der Waals surface area contributed by atoms with Gasteiger partial charge in [-0.2, -0.15) is 30.7 Å². The normalized spacial score (nSPS) is 14.3. The Morgan fingerprint density at radius 3 is 2.19 bits per heavy atom. The van der Waals surface area contributed by atoms with Crippen molar-refractivity contribution in [2.24, 2.45) is 0 Å². The standard InChI is InChI=1S/C18H19F8N3OS/c1-5-13(31-4)11(6-9(2)27-3)15(30)29-14-12(19)7-10(8-28-14)16(20,21)17(22,23)18(24,25)26/h6-8,27H,5H2,1-4H3,(H,28,29,30)/b9-6+,13-11-. The van der Waals surface area contributed by atoms with E-state index in [-0.39, 0.29) is 17.8 Å². The number of halogens is 8. The zero-order valence-electron chi connectivity index (χ0n) is 16.7. The fourth-order valence-electron chi connectivity index (χ4n) is 2.24. The van der Waals surface area contributed by atoms with Crippen LogP contribution >= 0.6 is 11.8 Å². The van der Waals surface area contributed by atoms with Crippen molar-refractivity contribution in [3.05, 3.63) is 45.9 Å². The van der Waals surface area contributed by atoms with Crippen LogP contribution in [0.1, 0.15) is 25.8 Å². The SMILES string of the molecule is CC/C(SC)=C(\C=C(/C)NC)C(=O)Nc1ncc(C(F)(F)C(F)(F)C(F)(F)F)cc1F. The van der Waals surface area contributed by atoms with Gasteiger partial charge in [-0.15, -0.1) is 11.8 Å². The number of hydrogen-bond acceptors (Lipinski definition) is 4. The minimum absolute atomic E-state index is 0.0499. The molecule has 4 nitrogen and oxygen atoms in total. The van der Waals surface area contributed by atoms with Crippen molar-refractivity contribution < 1.29 is 39.9 Å². The Balaban J connectivity index is 3.34. The molecule has 1 aromatic heterocycles. The van der Waals surface area contributed by atoms with E-state index in [0.29, 0.717) is 17.0 Å². The van der Waals surface area contributed by atoms with Crippen molar-refractivity contribution in [1.29, 1.82) is 0 Å². The highest BCUT2D eigenvalue weighted by atomic mass is 32.2. The molecule has 0 aliphatic carbocycles. The summed E-state index contributed by atoms with van der Waals surface area (Å²) in [7, 11) is 1.59. The van der Waals surface area contributed by atoms with Crippen LogP contribution in [0, 0.1) is 5.82 Å². The van der Waals surface area contributed by atoms with E-state index >= 15 is 0 Å². The molecule has 1 heterocycles. The summed E-state index contributed by atoms with van der Waals surface area (Å²) >= 11 is 1.23. The number of nitrogens with one attached hydrogen (secondary N) is 2. The number of nitrogens with zero attached hydrogens (tertiary/aromatic N) is 1. The Labute approximate surface area is 177 Å². The summed E-state index contributed by atoms with van der Waals surface area (Å²) < 4.78 is 105. The van der Waals surface area contributed by atoms with Gasteiger partial charge in [-0.3, -0.25) is 4.79 Å². The predicted molar refractivity (Wildman–Crippen MR) is 101 cm³/mol. The largest absolute Gasteiger partial charge is 0.460 e. The average Bonchev–Trinajstić information content (AvgIpc) is 2.68. The number of allylic oxidation sites excluding steroid dienone is 2. The lowest BCUT2D eigenvalue weighted by Gasteiger charge is -2.28. The first-order valence-corrected chi connectivity index (χ1v) is 9.79. The minimum Gasteiger partial charge on any atom is -0.392 e. The van der Waals surface area contributed by atoms with E-state index in [4.69, 9.17) is 0 Å². The molecule has 13 heteroatoms. The molecule has 0 atom stereocenters. The number of alkyl halides is 7. The molecule has 0 aliphatic rings. The van der Waals surface area contributed by atoms with Gasteiger partial charge in [0.25, 0.3) is 5.91 Å². The quantitative estimate of drug-likeness (QED) is 0.291. The van der Waals surface area contributed by atoms with Gasteiger partial charge in [-0.05, 0) is 36.6 Å². The molecule has 0 fully saturated rings. The molecule has 2 N–H and O–H groups in total. The Morgan fingerprint density at radius 2 is 1.77 bits per heavy atom. The molecule has 0 aromatic carbocycles. The lowest BCUT2D eigenvalue weighted by molar-refractivity contribution is -0.359. The molecule has 31 heavy (non-hydrogen) atoms. The Morgan fingerprint density at radius 1 is 1.19 bits per heavy atom. The third kappa shape index (κ3) is 5.69. The van der Waals surface area contributed by atoms with Gasteiger partial charge in [0.2, 0.25) is 0 Å². The molecule has 0 bridgehead atoms. The molecule has 174 valence electrons. The van der Waals surface area contributed by atoms with E-state index in [9.17, 15) is 39.9 Å². The number of hydrogen-bond donors (Lipinski definition) is 2. The summed E-state index contributed by atoms with van der Waals surface area (Å²) in [5.41, 5.74) is -1.34. The zero-order valence-corrected chi connectivity index (χ0v) is 17.5. The van der Waals surface area contributed by atoms with Crippen molar-refractivity contribution in [2.75, 3.05) is 18.6 Å². The molecular weight excluding hydrogens is 458 g/mol. The maximum atomic E-state index is 14.2. The van der Waals surface area contributed by atoms with Gasteiger partial charge < -0.3 is 10.6 Å². The third-order valence-corrected chi connectivity index (χ3v) is 5.06. The van der Waals surface area contributed by atoms with Crippen LogP contribution in [0.5, 0.6) is 0 Å². The average molecular weight is 477 g/mol. The number of anilines is 1. The van der Waals surface area contributed by atoms with E-state index in [2.05, 4.69) is 10.3 Å². The second-order valence-corrected chi connectivity index (χ2v) is 7.03. The van der Waals surface area contributed by atoms with Gasteiger partial charge in [-0.25, -0.2) is 9.37 Å². The van der Waals surface area contributed by atoms with Crippen molar-refractivity contribution in [3.8, 4) is 0 Å². The van der Waals surface area contributed by atoms with Crippen molar-refractivity contribution in [3.63, 3.8) is 0 Å². The molecule has 0 saturated heterocycles. The van der Waals surface area contributed by atoms with E-state index in [1.807, 2.05) is 5.32 Å². The Kier molecular flexibility index (Phi) is 8.51. The molecule has 0 radical (unpaired) electrons. The van der Waals surface area contributed by atoms with Crippen LogP contribution in [0.3, 0.4) is 0 Å². The van der Waals surface area contributed by atoms with E-state index in [1.165, 1.54) is 17.8 Å². The third-order valence-electron chi connectivity index (χ3n) is 4.05. The maximum absolute atomic E-state index is 14.2. The molecule has 1 aromatic rings. The van der Waals surface area contributed by atoms with Crippen molar-refractivity contribution >= 4 is 23.5 Å². The topological polar surface area (TPSA) is 54.0 Å². The zero-order chi connectivity index (χ0) is 24.2. The molecule has 0 spiro atoms. The van der Waals surface area contributed by atoms with Crippen LogP contribution in [-0.2, 0) is 10.7 Å². The van der Waals surface area contributed by atoms with Gasteiger partial charge in [-0.1, -0.05) is 6.92 Å². The summed E-state index contributed by atoms with van der Waals surface area (Å²) in [5, 5.41) is 4.79. The van der Waals surface area contributed by atoms with Gasteiger partial charge in [0, 0.05) is 24.5 Å². The summed E-state index contributed by atoms with van der Waals surface area (Å²) in [4.78, 5) is 16.3. The monoisotopic (exact) mass is 477 g/mol. The lowest BCUT2D eigenvalue weighted by Crippen LogP contribution is -2.50. The fraction of sp³-hybridized carbons (Fsp3) is 0.444. The summed E-state index contributed by atoms with van der Waals surface area (Å²) in [5.74, 6) is -15.7. The number of rotatable bonds is 8. The second-order valence-electron chi connectivity index (χ2n) is 6.13. The first-order chi connectivity index (χ1) is 14.1. The number of thioether (sulfide) groups is 1. The van der Waals surface area contributed by atoms with Crippen LogP contribution in [0.15, 0.2) is 34.5 Å². The number of aromatic nitrogens is 1. The molecule has 0 unspecified atom stereocenters. The second kappa shape index (κ2) is 9.88. The fourth-order valence-corrected chi connectivity index (χ4v) is 2.90. The van der Waals surface area contributed by atoms with Gasteiger partial charge in [0.05, 0.1) is 5.57 Å². The van der Waals surface area contributed by atoms with Gasteiger partial charge in [0.1, 0.15) is 0 Å². The summed E-state index contributed by atoms with van der Waals surface area (Å²) in [6, 6.07) is -0.227. The maximum Gasteiger partial charge on any atom is 0.460 e. The van der Waals surface area contributed by atoms with E-state index in [0.717, 1.165) is 0 Å². The number of carbonyl (C=O) groups is 1. The van der Waals surface area contributed by atoms with Crippen LogP contribution in [0.2, 0.25) is 0 Å². The number of amides is 1. The Bertz CT molecular complexity index is 875. The molecule has 1 rings (SSSR count). The van der Waals surface area contributed by atoms with E-state index in [1.54, 1.807) is 27.2 Å². The number of pyridine rings is 1. The van der Waals surface area contributed by atoms with Crippen molar-refractivity contribution in [1.82, 2.24) is 10.3 Å². The minimum atomic E-state index is -6.58. The van der Waals surface area contributed by atoms with Gasteiger partial charge in [0.15, 0.2) is 11.6 Å². The predicted octanol–water partition coefficient (Wildman–Crippen LogP) is 5.60. The highest BCUT2D eigenvalue weighted by Gasteiger charge is 2.73. The highest BCUT2D eigenvalue weighted by Crippen LogP contribution is 2.51. The lowest BCUT2D eigenvalue weighted by atomic mass is 10.0. The molecule has 0 saturated carbocycles. The van der Waals surface area contributed by atoms with Crippen LogP contribution in [0.4, 0.5) is 40.9 Å². The molecular formula is C18H19F8N3OS. The molecule has 1 amide bonds. The first kappa shape index (κ1) is 26.7. The number of carbonyl (C=O) groups excluding carboxylic acids is 1. The van der Waals surface area contributed by atoms with Gasteiger partial charge >= 0.3 is 18.0 Å². The highest BCUT2D eigenvalue weighted by molar-refractivity contribution is 8.02. The van der Waals surface area contributed by atoms with Crippen LogP contribution in [-0.4, -0.2) is 36.3 Å². The van der Waals surface area contributed by atoms with E-state index < -0.39 is 41.1 Å². The van der Waals surface area contributed by atoms with Crippen molar-refractivity contribution in [2.45, 2.75) is 38.3 Å².